The molecule has 8 heteroatoms. The van der Waals surface area contributed by atoms with E-state index in [0.29, 0.717) is 11.3 Å². The Morgan fingerprint density at radius 1 is 1.17 bits per heavy atom. The van der Waals surface area contributed by atoms with Crippen molar-refractivity contribution in [1.29, 1.82) is 0 Å². The van der Waals surface area contributed by atoms with Crippen LogP contribution in [-0.4, -0.2) is 41.5 Å². The Morgan fingerprint density at radius 3 is 2.41 bits per heavy atom. The van der Waals surface area contributed by atoms with Gasteiger partial charge in [-0.3, -0.25) is 19.7 Å². The quantitative estimate of drug-likeness (QED) is 0.549. The van der Waals surface area contributed by atoms with Gasteiger partial charge in [0.1, 0.15) is 11.1 Å². The number of hydrogen-bond acceptors (Lipinski definition) is 5. The fourth-order valence-corrected chi connectivity index (χ4v) is 3.50. The number of carboxylic acids is 1. The lowest BCUT2D eigenvalue weighted by atomic mass is 9.82. The third-order valence-corrected chi connectivity index (χ3v) is 5.37. The van der Waals surface area contributed by atoms with Gasteiger partial charge in [-0.25, -0.2) is 0 Å². The first-order valence-corrected chi connectivity index (χ1v) is 9.43. The number of hydrogen-bond donors (Lipinski definition) is 2. The average Bonchev–Trinajstić information content (AvgIpc) is 3.26. The molecule has 8 nitrogen and oxygen atoms in total. The molecular formula is C21H23N3O5. The highest BCUT2D eigenvalue weighted by Gasteiger charge is 2.35. The molecule has 1 aliphatic heterocycles. The largest absolute Gasteiger partial charge is 0.481 e. The molecule has 0 bridgehead atoms. The van der Waals surface area contributed by atoms with Crippen molar-refractivity contribution >= 4 is 23.3 Å². The van der Waals surface area contributed by atoms with Crippen molar-refractivity contribution in [3.63, 3.8) is 0 Å². The molecule has 1 fully saturated rings. The predicted molar refractivity (Wildman–Crippen MR) is 108 cm³/mol. The van der Waals surface area contributed by atoms with Crippen LogP contribution in [-0.2, 0) is 10.2 Å². The molecule has 2 aromatic rings. The highest BCUT2D eigenvalue weighted by Crippen LogP contribution is 2.32. The topological polar surface area (TPSA) is 113 Å². The van der Waals surface area contributed by atoms with Crippen molar-refractivity contribution < 1.29 is 19.6 Å². The smallest absolute Gasteiger partial charge is 0.315 e. The molecule has 29 heavy (non-hydrogen) atoms. The van der Waals surface area contributed by atoms with E-state index in [2.05, 4.69) is 5.32 Å². The Morgan fingerprint density at radius 2 is 1.83 bits per heavy atom. The Kier molecular flexibility index (Phi) is 5.81. The number of carbonyl (C=O) groups excluding carboxylic acids is 1. The Hall–Kier alpha value is -3.42. The van der Waals surface area contributed by atoms with Gasteiger partial charge in [0, 0.05) is 31.3 Å². The number of benzene rings is 2. The third kappa shape index (κ3) is 4.21. The first kappa shape index (κ1) is 20.3. The Labute approximate surface area is 168 Å². The zero-order valence-electron chi connectivity index (χ0n) is 16.1. The molecule has 0 aromatic heterocycles. The van der Waals surface area contributed by atoms with Crippen LogP contribution in [0.4, 0.5) is 11.4 Å². The van der Waals surface area contributed by atoms with E-state index < -0.39 is 22.2 Å². The zero-order valence-corrected chi connectivity index (χ0v) is 16.1. The summed E-state index contributed by atoms with van der Waals surface area (Å²) in [5, 5.41) is 23.8. The molecular weight excluding hydrogens is 374 g/mol. The van der Waals surface area contributed by atoms with Crippen LogP contribution in [0.2, 0.25) is 0 Å². The van der Waals surface area contributed by atoms with Crippen LogP contribution >= 0.6 is 0 Å². The lowest BCUT2D eigenvalue weighted by Gasteiger charge is -2.25. The first-order chi connectivity index (χ1) is 13.8. The number of nitrogens with one attached hydrogen (secondary N) is 1. The number of nitrogens with zero attached hydrogens (tertiary/aromatic N) is 2. The molecule has 3 rings (SSSR count). The summed E-state index contributed by atoms with van der Waals surface area (Å²) in [5.74, 6) is -1.62. The highest BCUT2D eigenvalue weighted by atomic mass is 16.6. The third-order valence-electron chi connectivity index (χ3n) is 5.37. The van der Waals surface area contributed by atoms with Gasteiger partial charge in [-0.05, 0) is 37.5 Å². The van der Waals surface area contributed by atoms with Gasteiger partial charge in [-0.1, -0.05) is 30.3 Å². The lowest BCUT2D eigenvalue weighted by Crippen LogP contribution is -2.44. The van der Waals surface area contributed by atoms with Gasteiger partial charge < -0.3 is 15.3 Å². The molecule has 2 N–H and O–H groups in total. The molecule has 1 aliphatic rings. The molecule has 0 spiro atoms. The molecule has 0 radical (unpaired) electrons. The fourth-order valence-electron chi connectivity index (χ4n) is 3.50. The number of carbonyl (C=O) groups is 2. The van der Waals surface area contributed by atoms with E-state index in [1.807, 2.05) is 4.90 Å². The summed E-state index contributed by atoms with van der Waals surface area (Å²) in [6, 6.07) is 13.0. The fraction of sp³-hybridized carbons (Fsp3) is 0.333. The summed E-state index contributed by atoms with van der Waals surface area (Å²) in [6.45, 7) is 2.89. The van der Waals surface area contributed by atoms with Gasteiger partial charge in [-0.15, -0.1) is 0 Å². The second-order valence-electron chi connectivity index (χ2n) is 7.34. The Bertz CT molecular complexity index is 925. The van der Waals surface area contributed by atoms with Crippen LogP contribution in [0.15, 0.2) is 48.5 Å². The summed E-state index contributed by atoms with van der Waals surface area (Å²) in [4.78, 5) is 37.4. The second kappa shape index (κ2) is 8.30. The normalized spacial score (nSPS) is 15.6. The van der Waals surface area contributed by atoms with Crippen molar-refractivity contribution in [3.05, 3.63) is 69.8 Å². The molecule has 1 atom stereocenters. The number of nitro groups is 1. The molecule has 1 saturated heterocycles. The summed E-state index contributed by atoms with van der Waals surface area (Å²) >= 11 is 0. The lowest BCUT2D eigenvalue weighted by molar-refractivity contribution is -0.384. The van der Waals surface area contributed by atoms with Crippen LogP contribution in [0.3, 0.4) is 0 Å². The molecule has 152 valence electrons. The Balaban J connectivity index is 1.80. The highest BCUT2D eigenvalue weighted by molar-refractivity contribution is 5.96. The van der Waals surface area contributed by atoms with E-state index in [0.717, 1.165) is 25.9 Å². The second-order valence-corrected chi connectivity index (χ2v) is 7.34. The van der Waals surface area contributed by atoms with Crippen LogP contribution in [0, 0.1) is 10.1 Å². The van der Waals surface area contributed by atoms with Crippen LogP contribution in [0.1, 0.15) is 35.7 Å². The maximum atomic E-state index is 12.6. The van der Waals surface area contributed by atoms with E-state index in [1.165, 1.54) is 19.1 Å². The summed E-state index contributed by atoms with van der Waals surface area (Å²) in [5.41, 5.74) is -0.255. The van der Waals surface area contributed by atoms with Crippen LogP contribution in [0.5, 0.6) is 0 Å². The SMILES string of the molecule is CC(CNC(=O)c1ccc(N2CCCC2)c([N+](=O)[O-])c1)(C(=O)O)c1ccccc1. The maximum absolute atomic E-state index is 12.6. The van der Waals surface area contributed by atoms with Crippen LogP contribution < -0.4 is 10.2 Å². The van der Waals surface area contributed by atoms with Crippen molar-refractivity contribution in [2.75, 3.05) is 24.5 Å². The van der Waals surface area contributed by atoms with Gasteiger partial charge in [0.15, 0.2) is 0 Å². The van der Waals surface area contributed by atoms with Gasteiger partial charge in [-0.2, -0.15) is 0 Å². The van der Waals surface area contributed by atoms with Gasteiger partial charge in [0.05, 0.1) is 4.92 Å². The van der Waals surface area contributed by atoms with Gasteiger partial charge >= 0.3 is 5.97 Å². The number of carboxylic acid groups (broad SMARTS) is 1. The summed E-state index contributed by atoms with van der Waals surface area (Å²) < 4.78 is 0. The maximum Gasteiger partial charge on any atom is 0.315 e. The number of nitro benzene ring substituents is 1. The molecule has 2 aromatic carbocycles. The number of amides is 1. The standard InChI is InChI=1S/C21H23N3O5/c1-21(20(26)27,16-7-3-2-4-8-16)14-22-19(25)15-9-10-17(18(13-15)24(28)29)23-11-5-6-12-23/h2-4,7-10,13H,5-6,11-12,14H2,1H3,(H,22,25)(H,26,27). The molecule has 0 saturated carbocycles. The monoisotopic (exact) mass is 397 g/mol. The minimum absolute atomic E-state index is 0.122. The zero-order chi connectivity index (χ0) is 21.0. The number of anilines is 1. The van der Waals surface area contributed by atoms with E-state index >= 15 is 0 Å². The van der Waals surface area contributed by atoms with Gasteiger partial charge in [0.25, 0.3) is 11.6 Å². The van der Waals surface area contributed by atoms with E-state index in [4.69, 9.17) is 0 Å². The number of aliphatic carboxylic acids is 1. The van der Waals surface area contributed by atoms with E-state index in [9.17, 15) is 24.8 Å². The van der Waals surface area contributed by atoms with Crippen molar-refractivity contribution in [2.45, 2.75) is 25.2 Å². The van der Waals surface area contributed by atoms with E-state index in [1.54, 1.807) is 36.4 Å². The van der Waals surface area contributed by atoms with Crippen molar-refractivity contribution in [1.82, 2.24) is 5.32 Å². The van der Waals surface area contributed by atoms with E-state index in [-0.39, 0.29) is 17.8 Å². The van der Waals surface area contributed by atoms with Gasteiger partial charge in [0.2, 0.25) is 0 Å². The molecule has 1 heterocycles. The summed E-state index contributed by atoms with van der Waals surface area (Å²) in [6.07, 6.45) is 1.96. The van der Waals surface area contributed by atoms with Crippen molar-refractivity contribution in [3.8, 4) is 0 Å². The molecule has 1 amide bonds. The average molecular weight is 397 g/mol. The minimum Gasteiger partial charge on any atom is -0.481 e. The first-order valence-electron chi connectivity index (χ1n) is 9.43. The minimum atomic E-state index is -1.32. The van der Waals surface area contributed by atoms with Crippen LogP contribution in [0.25, 0.3) is 0 Å². The molecule has 0 aliphatic carbocycles. The predicted octanol–water partition coefficient (Wildman–Crippen LogP) is 2.97. The van der Waals surface area contributed by atoms with Crippen molar-refractivity contribution in [2.24, 2.45) is 0 Å². The summed E-state index contributed by atoms with van der Waals surface area (Å²) in [7, 11) is 0. The molecule has 1 unspecified atom stereocenters. The number of rotatable bonds is 7.